The molecule has 0 saturated carbocycles. The molecule has 1 N–H and O–H groups in total. The topological polar surface area (TPSA) is 46.2 Å². The number of thioether (sulfide) groups is 1. The van der Waals surface area contributed by atoms with Gasteiger partial charge in [-0.05, 0) is 31.4 Å². The van der Waals surface area contributed by atoms with Gasteiger partial charge in [0.1, 0.15) is 0 Å². The van der Waals surface area contributed by atoms with Crippen LogP contribution in [-0.2, 0) is 4.79 Å². The van der Waals surface area contributed by atoms with Crippen LogP contribution >= 0.6 is 11.8 Å². The molecule has 0 unspecified atom stereocenters. The summed E-state index contributed by atoms with van der Waals surface area (Å²) in [7, 11) is 0. The molecule has 1 aromatic rings. The van der Waals surface area contributed by atoms with Crippen LogP contribution in [0.2, 0.25) is 0 Å². The summed E-state index contributed by atoms with van der Waals surface area (Å²) in [5, 5.41) is 2.77. The number of ketones is 1. The van der Waals surface area contributed by atoms with E-state index in [-0.39, 0.29) is 17.6 Å². The third-order valence-corrected chi connectivity index (χ3v) is 3.11. The molecule has 0 aromatic heterocycles. The Balaban J connectivity index is 3.06. The molecule has 92 valence electrons. The van der Waals surface area contributed by atoms with Crippen LogP contribution in [0.1, 0.15) is 31.1 Å². The Morgan fingerprint density at radius 3 is 2.41 bits per heavy atom. The fourth-order valence-electron chi connectivity index (χ4n) is 1.33. The summed E-state index contributed by atoms with van der Waals surface area (Å²) < 4.78 is 0. The molecule has 1 amide bonds. The number of hydrogen-bond acceptors (Lipinski definition) is 3. The fourth-order valence-corrected chi connectivity index (χ4v) is 1.77. The average molecular weight is 251 g/mol. The van der Waals surface area contributed by atoms with Crippen LogP contribution in [-0.4, -0.2) is 17.9 Å². The maximum Gasteiger partial charge on any atom is 0.226 e. The average Bonchev–Trinajstić information content (AvgIpc) is 2.29. The zero-order valence-corrected chi connectivity index (χ0v) is 11.4. The van der Waals surface area contributed by atoms with Crippen molar-refractivity contribution in [1.82, 2.24) is 0 Å². The highest BCUT2D eigenvalue weighted by molar-refractivity contribution is 7.98. The van der Waals surface area contributed by atoms with Crippen molar-refractivity contribution in [1.29, 1.82) is 0 Å². The van der Waals surface area contributed by atoms with Gasteiger partial charge in [0.25, 0.3) is 0 Å². The van der Waals surface area contributed by atoms with Gasteiger partial charge in [-0.15, -0.1) is 11.8 Å². The van der Waals surface area contributed by atoms with E-state index < -0.39 is 0 Å². The van der Waals surface area contributed by atoms with E-state index in [0.29, 0.717) is 11.3 Å². The third-order valence-electron chi connectivity index (χ3n) is 2.39. The minimum atomic E-state index is -0.102. The molecule has 0 aliphatic heterocycles. The molecule has 17 heavy (non-hydrogen) atoms. The quantitative estimate of drug-likeness (QED) is 0.660. The summed E-state index contributed by atoms with van der Waals surface area (Å²) in [6.07, 6.45) is 1.95. The summed E-state index contributed by atoms with van der Waals surface area (Å²) in [5.74, 6) is -0.223. The fraction of sp³-hybridized carbons (Fsp3) is 0.385. The second kappa shape index (κ2) is 5.87. The molecule has 0 radical (unpaired) electrons. The van der Waals surface area contributed by atoms with Crippen LogP contribution in [0.4, 0.5) is 5.69 Å². The Bertz CT molecular complexity index is 441. The van der Waals surface area contributed by atoms with Crippen LogP contribution < -0.4 is 5.32 Å². The number of rotatable bonds is 4. The van der Waals surface area contributed by atoms with E-state index >= 15 is 0 Å². The number of hydrogen-bond donors (Lipinski definition) is 1. The van der Waals surface area contributed by atoms with Crippen molar-refractivity contribution < 1.29 is 9.59 Å². The highest BCUT2D eigenvalue weighted by Crippen LogP contribution is 2.24. The van der Waals surface area contributed by atoms with Gasteiger partial charge in [0.05, 0.1) is 5.69 Å². The van der Waals surface area contributed by atoms with E-state index in [1.165, 1.54) is 6.92 Å². The number of amides is 1. The van der Waals surface area contributed by atoms with Gasteiger partial charge in [-0.2, -0.15) is 0 Å². The molecule has 0 fully saturated rings. The normalized spacial score (nSPS) is 10.4. The van der Waals surface area contributed by atoms with E-state index in [2.05, 4.69) is 5.32 Å². The number of carbonyl (C=O) groups excluding carboxylic acids is 2. The Morgan fingerprint density at radius 1 is 1.29 bits per heavy atom. The predicted molar refractivity (Wildman–Crippen MR) is 71.7 cm³/mol. The van der Waals surface area contributed by atoms with E-state index in [4.69, 9.17) is 0 Å². The number of anilines is 1. The maximum atomic E-state index is 11.6. The lowest BCUT2D eigenvalue weighted by molar-refractivity contribution is -0.118. The lowest BCUT2D eigenvalue weighted by Crippen LogP contribution is -2.19. The Hall–Kier alpha value is -1.29. The van der Waals surface area contributed by atoms with Gasteiger partial charge in [-0.1, -0.05) is 13.8 Å². The van der Waals surface area contributed by atoms with Crippen LogP contribution in [0, 0.1) is 5.92 Å². The molecule has 0 aliphatic rings. The van der Waals surface area contributed by atoms with Gasteiger partial charge >= 0.3 is 0 Å². The molecule has 0 spiro atoms. The smallest absolute Gasteiger partial charge is 0.226 e. The predicted octanol–water partition coefficient (Wildman–Crippen LogP) is 3.21. The summed E-state index contributed by atoms with van der Waals surface area (Å²) in [6, 6.07) is 5.48. The van der Waals surface area contributed by atoms with Crippen molar-refractivity contribution >= 4 is 29.1 Å². The van der Waals surface area contributed by atoms with Crippen molar-refractivity contribution in [2.75, 3.05) is 11.6 Å². The zero-order chi connectivity index (χ0) is 13.0. The SMILES string of the molecule is CSc1ccc(NC(=O)C(C)C)c(C(C)=O)c1. The van der Waals surface area contributed by atoms with Gasteiger partial charge in [-0.3, -0.25) is 9.59 Å². The molecule has 1 rings (SSSR count). The number of nitrogens with one attached hydrogen (secondary N) is 1. The minimum Gasteiger partial charge on any atom is -0.325 e. The lowest BCUT2D eigenvalue weighted by Gasteiger charge is -2.12. The Morgan fingerprint density at radius 2 is 1.94 bits per heavy atom. The largest absolute Gasteiger partial charge is 0.325 e. The molecular weight excluding hydrogens is 234 g/mol. The van der Waals surface area contributed by atoms with Gasteiger partial charge in [0, 0.05) is 16.4 Å². The van der Waals surface area contributed by atoms with Gasteiger partial charge in [-0.25, -0.2) is 0 Å². The van der Waals surface area contributed by atoms with Crippen molar-refractivity contribution in [3.8, 4) is 0 Å². The molecule has 0 atom stereocenters. The van der Waals surface area contributed by atoms with Crippen molar-refractivity contribution in [3.63, 3.8) is 0 Å². The second-order valence-electron chi connectivity index (χ2n) is 4.11. The van der Waals surface area contributed by atoms with Crippen LogP contribution in [0.3, 0.4) is 0 Å². The number of benzene rings is 1. The van der Waals surface area contributed by atoms with Gasteiger partial charge in [0.15, 0.2) is 5.78 Å². The van der Waals surface area contributed by atoms with Crippen molar-refractivity contribution in [2.45, 2.75) is 25.7 Å². The number of carbonyl (C=O) groups is 2. The van der Waals surface area contributed by atoms with Gasteiger partial charge < -0.3 is 5.32 Å². The van der Waals surface area contributed by atoms with Crippen molar-refractivity contribution in [3.05, 3.63) is 23.8 Å². The first-order chi connectivity index (χ1) is 7.95. The summed E-state index contributed by atoms with van der Waals surface area (Å²) >= 11 is 1.57. The first-order valence-electron chi connectivity index (χ1n) is 5.45. The van der Waals surface area contributed by atoms with Crippen molar-refractivity contribution in [2.24, 2.45) is 5.92 Å². The first kappa shape index (κ1) is 13.8. The molecule has 0 heterocycles. The highest BCUT2D eigenvalue weighted by atomic mass is 32.2. The maximum absolute atomic E-state index is 11.6. The third kappa shape index (κ3) is 3.60. The molecule has 4 heteroatoms. The number of Topliss-reactive ketones (excluding diaryl/α,β-unsaturated/α-hetero) is 1. The minimum absolute atomic E-state index is 0.0417. The second-order valence-corrected chi connectivity index (χ2v) is 4.99. The molecule has 0 bridgehead atoms. The van der Waals surface area contributed by atoms with E-state index in [9.17, 15) is 9.59 Å². The monoisotopic (exact) mass is 251 g/mol. The van der Waals surface area contributed by atoms with Crippen LogP contribution in [0.25, 0.3) is 0 Å². The van der Waals surface area contributed by atoms with Crippen LogP contribution in [0.15, 0.2) is 23.1 Å². The van der Waals surface area contributed by atoms with E-state index in [1.54, 1.807) is 17.8 Å². The standard InChI is InChI=1S/C13H17NO2S/c1-8(2)13(16)14-12-6-5-10(17-4)7-11(12)9(3)15/h5-8H,1-4H3,(H,14,16). The molecule has 3 nitrogen and oxygen atoms in total. The summed E-state index contributed by atoms with van der Waals surface area (Å²) in [6.45, 7) is 5.14. The summed E-state index contributed by atoms with van der Waals surface area (Å²) in [5.41, 5.74) is 1.15. The van der Waals surface area contributed by atoms with E-state index in [1.807, 2.05) is 32.2 Å². The van der Waals surface area contributed by atoms with E-state index in [0.717, 1.165) is 4.90 Å². The summed E-state index contributed by atoms with van der Waals surface area (Å²) in [4.78, 5) is 24.2. The Kier molecular flexibility index (Phi) is 4.75. The Labute approximate surface area is 106 Å². The molecule has 0 aliphatic carbocycles. The molecule has 0 saturated heterocycles. The first-order valence-corrected chi connectivity index (χ1v) is 6.68. The zero-order valence-electron chi connectivity index (χ0n) is 10.5. The molecule has 1 aromatic carbocycles. The highest BCUT2D eigenvalue weighted by Gasteiger charge is 2.13. The van der Waals surface area contributed by atoms with Gasteiger partial charge in [0.2, 0.25) is 5.91 Å². The lowest BCUT2D eigenvalue weighted by atomic mass is 10.1. The molecular formula is C13H17NO2S. The van der Waals surface area contributed by atoms with Crippen LogP contribution in [0.5, 0.6) is 0 Å².